The molecule has 1 unspecified atom stereocenters. The molecule has 8 heteroatoms. The molecule has 0 aliphatic carbocycles. The first-order valence-corrected chi connectivity index (χ1v) is 8.72. The predicted molar refractivity (Wildman–Crippen MR) is 101 cm³/mol. The Kier molecular flexibility index (Phi) is 4.69. The van der Waals surface area contributed by atoms with Crippen molar-refractivity contribution in [2.24, 2.45) is 0 Å². The number of pyridine rings is 1. The molecular formula is C19H19FN6O. The molecule has 3 heterocycles. The fourth-order valence-electron chi connectivity index (χ4n) is 3.18. The summed E-state index contributed by atoms with van der Waals surface area (Å²) in [5, 5.41) is 12.6. The van der Waals surface area contributed by atoms with E-state index in [2.05, 4.69) is 25.8 Å². The zero-order valence-corrected chi connectivity index (χ0v) is 14.5. The van der Waals surface area contributed by atoms with E-state index >= 15 is 0 Å². The van der Waals surface area contributed by atoms with Gasteiger partial charge in [-0.25, -0.2) is 14.2 Å². The molecule has 0 spiro atoms. The fourth-order valence-corrected chi connectivity index (χ4v) is 3.18. The number of nitrogens with zero attached hydrogens (tertiary/aromatic N) is 3. The highest BCUT2D eigenvalue weighted by molar-refractivity contribution is 5.89. The minimum Gasteiger partial charge on any atom is -0.352 e. The zero-order valence-electron chi connectivity index (χ0n) is 14.5. The molecule has 0 saturated carbocycles. The summed E-state index contributed by atoms with van der Waals surface area (Å²) in [6.07, 6.45) is 4.00. The number of aromatic amines is 1. The molecule has 1 fully saturated rings. The van der Waals surface area contributed by atoms with E-state index in [1.807, 2.05) is 35.2 Å². The SMILES string of the molecule is O=C(Nc1ccc(-c2ccn[nH]2)cc1)NC1CCN(c2ncccc2F)C1. The second-order valence-electron chi connectivity index (χ2n) is 6.39. The van der Waals surface area contributed by atoms with Gasteiger partial charge in [0.2, 0.25) is 0 Å². The normalized spacial score (nSPS) is 16.3. The van der Waals surface area contributed by atoms with Gasteiger partial charge in [0.1, 0.15) is 0 Å². The van der Waals surface area contributed by atoms with Gasteiger partial charge in [-0.3, -0.25) is 5.10 Å². The van der Waals surface area contributed by atoms with Gasteiger partial charge in [-0.15, -0.1) is 0 Å². The summed E-state index contributed by atoms with van der Waals surface area (Å²) < 4.78 is 13.8. The average Bonchev–Trinajstić information content (AvgIpc) is 3.35. The number of urea groups is 1. The lowest BCUT2D eigenvalue weighted by Gasteiger charge is -2.18. The molecule has 2 amide bonds. The van der Waals surface area contributed by atoms with Gasteiger partial charge in [-0.05, 0) is 42.3 Å². The molecule has 0 bridgehead atoms. The van der Waals surface area contributed by atoms with Crippen molar-refractivity contribution in [3.05, 3.63) is 60.7 Å². The third-order valence-corrected chi connectivity index (χ3v) is 4.52. The van der Waals surface area contributed by atoms with Crippen LogP contribution in [0.25, 0.3) is 11.3 Å². The molecule has 1 aliphatic heterocycles. The van der Waals surface area contributed by atoms with Crippen LogP contribution in [0.2, 0.25) is 0 Å². The Morgan fingerprint density at radius 2 is 2.04 bits per heavy atom. The largest absolute Gasteiger partial charge is 0.352 e. The van der Waals surface area contributed by atoms with Crippen LogP contribution in [-0.4, -0.2) is 40.3 Å². The Morgan fingerprint density at radius 1 is 1.19 bits per heavy atom. The van der Waals surface area contributed by atoms with E-state index < -0.39 is 0 Å². The van der Waals surface area contributed by atoms with E-state index in [0.717, 1.165) is 17.7 Å². The highest BCUT2D eigenvalue weighted by Gasteiger charge is 2.26. The van der Waals surface area contributed by atoms with E-state index in [9.17, 15) is 9.18 Å². The number of hydrogen-bond donors (Lipinski definition) is 3. The lowest BCUT2D eigenvalue weighted by atomic mass is 10.1. The van der Waals surface area contributed by atoms with Crippen LogP contribution in [0, 0.1) is 5.82 Å². The average molecular weight is 366 g/mol. The fraction of sp³-hybridized carbons (Fsp3) is 0.211. The van der Waals surface area contributed by atoms with E-state index in [4.69, 9.17) is 0 Å². The summed E-state index contributed by atoms with van der Waals surface area (Å²) in [4.78, 5) is 18.2. The van der Waals surface area contributed by atoms with Crippen molar-refractivity contribution in [2.75, 3.05) is 23.3 Å². The molecule has 4 rings (SSSR count). The quantitative estimate of drug-likeness (QED) is 0.663. The van der Waals surface area contributed by atoms with Crippen molar-refractivity contribution >= 4 is 17.5 Å². The molecular weight excluding hydrogens is 347 g/mol. The molecule has 1 saturated heterocycles. The van der Waals surface area contributed by atoms with Crippen molar-refractivity contribution < 1.29 is 9.18 Å². The standard InChI is InChI=1S/C19H19FN6O/c20-16-2-1-9-21-18(16)26-11-8-15(12-26)24-19(27)23-14-5-3-13(4-6-14)17-7-10-22-25-17/h1-7,9-10,15H,8,11-12H2,(H,22,25)(H2,23,24,27). The number of halogens is 1. The van der Waals surface area contributed by atoms with E-state index in [-0.39, 0.29) is 17.9 Å². The Bertz CT molecular complexity index is 912. The van der Waals surface area contributed by atoms with Gasteiger partial charge in [0.05, 0.1) is 5.69 Å². The number of amides is 2. The topological polar surface area (TPSA) is 85.9 Å². The van der Waals surface area contributed by atoms with Crippen molar-refractivity contribution in [3.63, 3.8) is 0 Å². The Balaban J connectivity index is 1.32. The van der Waals surface area contributed by atoms with Crippen LogP contribution in [0.5, 0.6) is 0 Å². The lowest BCUT2D eigenvalue weighted by molar-refractivity contribution is 0.249. The third-order valence-electron chi connectivity index (χ3n) is 4.52. The summed E-state index contributed by atoms with van der Waals surface area (Å²) in [6, 6.07) is 12.0. The van der Waals surface area contributed by atoms with Crippen molar-refractivity contribution in [1.29, 1.82) is 0 Å². The highest BCUT2D eigenvalue weighted by Crippen LogP contribution is 2.21. The van der Waals surface area contributed by atoms with Crippen LogP contribution in [-0.2, 0) is 0 Å². The van der Waals surface area contributed by atoms with Crippen LogP contribution in [0.4, 0.5) is 20.7 Å². The van der Waals surface area contributed by atoms with Crippen LogP contribution in [0.3, 0.4) is 0 Å². The molecule has 138 valence electrons. The number of nitrogens with one attached hydrogen (secondary N) is 3. The summed E-state index contributed by atoms with van der Waals surface area (Å²) in [5.74, 6) is -0.0171. The van der Waals surface area contributed by atoms with Gasteiger partial charge in [0.25, 0.3) is 0 Å². The van der Waals surface area contributed by atoms with Gasteiger partial charge in [0.15, 0.2) is 11.6 Å². The minimum absolute atomic E-state index is 0.0596. The molecule has 0 radical (unpaired) electrons. The van der Waals surface area contributed by atoms with Gasteiger partial charge >= 0.3 is 6.03 Å². The van der Waals surface area contributed by atoms with E-state index in [1.54, 1.807) is 18.5 Å². The summed E-state index contributed by atoms with van der Waals surface area (Å²) in [7, 11) is 0. The molecule has 1 atom stereocenters. The zero-order chi connectivity index (χ0) is 18.6. The number of hydrogen-bond acceptors (Lipinski definition) is 4. The predicted octanol–water partition coefficient (Wildman–Crippen LogP) is 3.01. The lowest BCUT2D eigenvalue weighted by Crippen LogP contribution is -2.39. The number of benzene rings is 1. The number of H-pyrrole nitrogens is 1. The Morgan fingerprint density at radius 3 is 2.78 bits per heavy atom. The van der Waals surface area contributed by atoms with Gasteiger partial charge in [0, 0.05) is 37.2 Å². The molecule has 3 aromatic rings. The highest BCUT2D eigenvalue weighted by atomic mass is 19.1. The smallest absolute Gasteiger partial charge is 0.319 e. The second kappa shape index (κ2) is 7.45. The number of carbonyl (C=O) groups excluding carboxylic acids is 1. The number of aromatic nitrogens is 3. The van der Waals surface area contributed by atoms with Crippen molar-refractivity contribution in [3.8, 4) is 11.3 Å². The van der Waals surface area contributed by atoms with E-state index in [0.29, 0.717) is 24.6 Å². The minimum atomic E-state index is -0.347. The monoisotopic (exact) mass is 366 g/mol. The number of rotatable bonds is 4. The van der Waals surface area contributed by atoms with Gasteiger partial charge in [-0.1, -0.05) is 12.1 Å². The van der Waals surface area contributed by atoms with Gasteiger partial charge < -0.3 is 15.5 Å². The Hall–Kier alpha value is -3.42. The molecule has 7 nitrogen and oxygen atoms in total. The van der Waals surface area contributed by atoms with Crippen LogP contribution in [0.1, 0.15) is 6.42 Å². The molecule has 27 heavy (non-hydrogen) atoms. The molecule has 2 aromatic heterocycles. The molecule has 3 N–H and O–H groups in total. The van der Waals surface area contributed by atoms with Crippen molar-refractivity contribution in [1.82, 2.24) is 20.5 Å². The van der Waals surface area contributed by atoms with Crippen LogP contribution < -0.4 is 15.5 Å². The van der Waals surface area contributed by atoms with Crippen LogP contribution in [0.15, 0.2) is 54.9 Å². The van der Waals surface area contributed by atoms with Crippen molar-refractivity contribution in [2.45, 2.75) is 12.5 Å². The second-order valence-corrected chi connectivity index (χ2v) is 6.39. The summed E-state index contributed by atoms with van der Waals surface area (Å²) >= 11 is 0. The van der Waals surface area contributed by atoms with Gasteiger partial charge in [-0.2, -0.15) is 5.10 Å². The first-order valence-electron chi connectivity index (χ1n) is 8.72. The molecule has 1 aromatic carbocycles. The maximum Gasteiger partial charge on any atom is 0.319 e. The summed E-state index contributed by atoms with van der Waals surface area (Å²) in [5.41, 5.74) is 2.60. The molecule has 1 aliphatic rings. The van der Waals surface area contributed by atoms with E-state index in [1.165, 1.54) is 6.07 Å². The summed E-state index contributed by atoms with van der Waals surface area (Å²) in [6.45, 7) is 1.18. The maximum absolute atomic E-state index is 13.8. The first kappa shape index (κ1) is 17.0. The van der Waals surface area contributed by atoms with Crippen LogP contribution >= 0.6 is 0 Å². The maximum atomic E-state index is 13.8. The Labute approximate surface area is 155 Å². The third kappa shape index (κ3) is 3.89. The first-order chi connectivity index (χ1) is 13.2. The number of carbonyl (C=O) groups is 1. The number of anilines is 2.